The second kappa shape index (κ2) is 11.4. The molecule has 0 radical (unpaired) electrons. The number of aryl methyl sites for hydroxylation is 1. The molecule has 2 unspecified atom stereocenters. The fraction of sp³-hybridized carbons (Fsp3) is 0.0769. The van der Waals surface area contributed by atoms with Crippen LogP contribution >= 0.6 is 0 Å². The number of hydrogen-bond acceptors (Lipinski definition) is 2. The fourth-order valence-corrected chi connectivity index (χ4v) is 9.48. The number of fused-ring (bicyclic) bond motifs is 11. The Kier molecular flexibility index (Phi) is 6.32. The van der Waals surface area contributed by atoms with Crippen LogP contribution in [0.1, 0.15) is 29.2 Å². The average molecular weight is 691 g/mol. The van der Waals surface area contributed by atoms with Gasteiger partial charge >= 0.3 is 0 Å². The first-order chi connectivity index (χ1) is 26.8. The van der Waals surface area contributed by atoms with Crippen LogP contribution in [0.5, 0.6) is 5.75 Å². The summed E-state index contributed by atoms with van der Waals surface area (Å²) < 4.78 is 13.6. The van der Waals surface area contributed by atoms with E-state index in [0.29, 0.717) is 0 Å². The second-order valence-corrected chi connectivity index (χ2v) is 15.0. The number of benzene rings is 8. The smallest absolute Gasteiger partial charge is 0.146 e. The van der Waals surface area contributed by atoms with Gasteiger partial charge in [0, 0.05) is 29.0 Å². The van der Waals surface area contributed by atoms with Crippen molar-refractivity contribution in [3.8, 4) is 39.1 Å². The molecule has 54 heavy (non-hydrogen) atoms. The van der Waals surface area contributed by atoms with Crippen molar-refractivity contribution in [1.29, 1.82) is 0 Å². The van der Waals surface area contributed by atoms with Crippen molar-refractivity contribution < 1.29 is 9.15 Å². The Morgan fingerprint density at radius 1 is 0.537 bits per heavy atom. The molecule has 0 N–H and O–H groups in total. The molecule has 2 heteroatoms. The van der Waals surface area contributed by atoms with Gasteiger partial charge in [-0.15, -0.1) is 0 Å². The van der Waals surface area contributed by atoms with Crippen LogP contribution in [0.2, 0.25) is 0 Å². The van der Waals surface area contributed by atoms with Crippen LogP contribution in [0.3, 0.4) is 0 Å². The average Bonchev–Trinajstić information content (AvgIpc) is 3.81. The molecule has 1 aliphatic heterocycles. The van der Waals surface area contributed by atoms with Crippen LogP contribution in [-0.4, -0.2) is 6.10 Å². The molecule has 0 saturated carbocycles. The molecule has 0 amide bonds. The highest BCUT2D eigenvalue weighted by Crippen LogP contribution is 2.53. The van der Waals surface area contributed by atoms with Gasteiger partial charge < -0.3 is 9.15 Å². The minimum Gasteiger partial charge on any atom is -0.484 e. The van der Waals surface area contributed by atoms with E-state index in [1.54, 1.807) is 0 Å². The van der Waals surface area contributed by atoms with Gasteiger partial charge in [0.25, 0.3) is 0 Å². The number of allylic oxidation sites excluding steroid dienone is 3. The van der Waals surface area contributed by atoms with Gasteiger partial charge in [-0.2, -0.15) is 0 Å². The van der Waals surface area contributed by atoms with Gasteiger partial charge in [0.05, 0.1) is 5.39 Å². The minimum absolute atomic E-state index is 0.00597. The maximum atomic E-state index is 6.87. The standard InChI is InChI=1S/C52H34O2/c1-3-13-33-27-36(23-21-31(33)11-1)48-39-16-5-6-17-40(39)49(37-24-22-32-12-2-4-14-34(32)28-37)44-29-35(25-26-41(44)48)43-30-45-38-15-7-9-19-46(38)53-52(45)50-42-18-8-10-20-47(42)54-51(43)50/h1-9,11-19,21-30,38,46H,10,20H2. The van der Waals surface area contributed by atoms with Crippen molar-refractivity contribution in [2.45, 2.75) is 24.9 Å². The zero-order valence-corrected chi connectivity index (χ0v) is 29.6. The minimum atomic E-state index is -0.00597. The van der Waals surface area contributed by atoms with Crippen LogP contribution in [0.4, 0.5) is 0 Å². The van der Waals surface area contributed by atoms with Crippen LogP contribution in [0.15, 0.2) is 168 Å². The zero-order valence-electron chi connectivity index (χ0n) is 29.6. The van der Waals surface area contributed by atoms with E-state index in [0.717, 1.165) is 46.4 Å². The summed E-state index contributed by atoms with van der Waals surface area (Å²) in [5, 5.41) is 11.0. The number of rotatable bonds is 3. The lowest BCUT2D eigenvalue weighted by Gasteiger charge is -2.19. The molecule has 12 rings (SSSR count). The molecule has 2 heterocycles. The van der Waals surface area contributed by atoms with Gasteiger partial charge in [0.15, 0.2) is 0 Å². The highest BCUT2D eigenvalue weighted by molar-refractivity contribution is 6.23. The van der Waals surface area contributed by atoms with Gasteiger partial charge in [0.1, 0.15) is 23.2 Å². The highest BCUT2D eigenvalue weighted by atomic mass is 16.5. The molecule has 0 saturated heterocycles. The lowest BCUT2D eigenvalue weighted by atomic mass is 9.83. The Morgan fingerprint density at radius 3 is 1.91 bits per heavy atom. The Hall–Kier alpha value is -6.64. The van der Waals surface area contributed by atoms with Crippen LogP contribution < -0.4 is 4.74 Å². The Balaban J connectivity index is 1.19. The Bertz CT molecular complexity index is 3150. The quantitative estimate of drug-likeness (QED) is 0.172. The summed E-state index contributed by atoms with van der Waals surface area (Å²) in [5.41, 5.74) is 10.5. The summed E-state index contributed by atoms with van der Waals surface area (Å²) in [7, 11) is 0. The lowest BCUT2D eigenvalue weighted by Crippen LogP contribution is -2.15. The molecule has 2 aliphatic carbocycles. The van der Waals surface area contributed by atoms with Crippen molar-refractivity contribution in [3.05, 3.63) is 181 Å². The molecule has 254 valence electrons. The third-order valence-electron chi connectivity index (χ3n) is 12.0. The van der Waals surface area contributed by atoms with Gasteiger partial charge in [-0.05, 0) is 108 Å². The molecular weight excluding hydrogens is 657 g/mol. The van der Waals surface area contributed by atoms with Crippen molar-refractivity contribution in [2.24, 2.45) is 0 Å². The third-order valence-corrected chi connectivity index (χ3v) is 12.0. The van der Waals surface area contributed by atoms with Crippen molar-refractivity contribution in [3.63, 3.8) is 0 Å². The predicted molar refractivity (Wildman–Crippen MR) is 225 cm³/mol. The van der Waals surface area contributed by atoms with Gasteiger partial charge in [-0.25, -0.2) is 0 Å². The molecule has 0 bridgehead atoms. The van der Waals surface area contributed by atoms with E-state index >= 15 is 0 Å². The summed E-state index contributed by atoms with van der Waals surface area (Å²) in [4.78, 5) is 0. The molecule has 3 aliphatic rings. The number of furan rings is 1. The topological polar surface area (TPSA) is 22.4 Å². The van der Waals surface area contributed by atoms with Crippen molar-refractivity contribution >= 4 is 60.1 Å². The summed E-state index contributed by atoms with van der Waals surface area (Å²) >= 11 is 0. The zero-order chi connectivity index (χ0) is 35.3. The first-order valence-corrected chi connectivity index (χ1v) is 19.0. The summed E-state index contributed by atoms with van der Waals surface area (Å²) in [6.07, 6.45) is 15.1. The normalized spacial score (nSPS) is 17.0. The van der Waals surface area contributed by atoms with Crippen LogP contribution in [0.25, 0.3) is 93.5 Å². The molecular formula is C52H34O2. The molecule has 0 spiro atoms. The van der Waals surface area contributed by atoms with Crippen molar-refractivity contribution in [1.82, 2.24) is 0 Å². The molecule has 2 nitrogen and oxygen atoms in total. The molecule has 9 aromatic rings. The number of ether oxygens (including phenoxy) is 1. The van der Waals surface area contributed by atoms with E-state index in [-0.39, 0.29) is 12.0 Å². The summed E-state index contributed by atoms with van der Waals surface area (Å²) in [6, 6.07) is 49.5. The predicted octanol–water partition coefficient (Wildman–Crippen LogP) is 14.0. The van der Waals surface area contributed by atoms with Crippen LogP contribution in [-0.2, 0) is 6.42 Å². The Morgan fingerprint density at radius 2 is 1.17 bits per heavy atom. The SMILES string of the molecule is C1=CC2Oc3c(cc(-c4ccc5c(-c6ccc7ccccc7c6)c6ccccc6c(-c6ccc7ccccc7c6)c5c4)c4oc5c(c34)C=CCC5)C2C=C1. The van der Waals surface area contributed by atoms with Gasteiger partial charge in [0.2, 0.25) is 0 Å². The third kappa shape index (κ3) is 4.34. The largest absolute Gasteiger partial charge is 0.484 e. The van der Waals surface area contributed by atoms with E-state index < -0.39 is 0 Å². The van der Waals surface area contributed by atoms with Crippen LogP contribution in [0, 0.1) is 0 Å². The maximum absolute atomic E-state index is 6.87. The van der Waals surface area contributed by atoms with E-state index in [2.05, 4.69) is 170 Å². The van der Waals surface area contributed by atoms with E-state index in [4.69, 9.17) is 9.15 Å². The summed E-state index contributed by atoms with van der Waals surface area (Å²) in [6.45, 7) is 0. The molecule has 2 atom stereocenters. The van der Waals surface area contributed by atoms with Gasteiger partial charge in [-0.1, -0.05) is 140 Å². The number of hydrogen-bond donors (Lipinski definition) is 0. The Labute approximate surface area is 312 Å². The molecule has 8 aromatic carbocycles. The van der Waals surface area contributed by atoms with Crippen molar-refractivity contribution in [2.75, 3.05) is 0 Å². The lowest BCUT2D eigenvalue weighted by molar-refractivity contribution is 0.271. The maximum Gasteiger partial charge on any atom is 0.146 e. The second-order valence-electron chi connectivity index (χ2n) is 15.0. The van der Waals surface area contributed by atoms with Gasteiger partial charge in [-0.3, -0.25) is 0 Å². The summed E-state index contributed by atoms with van der Waals surface area (Å²) in [5.74, 6) is 2.19. The fourth-order valence-electron chi connectivity index (χ4n) is 9.48. The first kappa shape index (κ1) is 29.9. The molecule has 1 aromatic heterocycles. The van der Waals surface area contributed by atoms with E-state index in [1.807, 2.05) is 0 Å². The molecule has 0 fully saturated rings. The van der Waals surface area contributed by atoms with E-state index in [1.165, 1.54) is 76.5 Å². The first-order valence-electron chi connectivity index (χ1n) is 19.0. The van der Waals surface area contributed by atoms with E-state index in [9.17, 15) is 0 Å². The monoisotopic (exact) mass is 690 g/mol. The highest BCUT2D eigenvalue weighted by Gasteiger charge is 2.37.